The van der Waals surface area contributed by atoms with E-state index in [-0.39, 0.29) is 24.4 Å². The summed E-state index contributed by atoms with van der Waals surface area (Å²) in [5.74, 6) is 1.90. The predicted octanol–water partition coefficient (Wildman–Crippen LogP) is 11.2. The molecule has 2 aromatic heterocycles. The van der Waals surface area contributed by atoms with E-state index in [9.17, 15) is 9.59 Å². The maximum atomic E-state index is 12.8. The van der Waals surface area contributed by atoms with Crippen LogP contribution in [0.1, 0.15) is 63.1 Å². The summed E-state index contributed by atoms with van der Waals surface area (Å²) < 4.78 is 10.8. The minimum absolute atomic E-state index is 0.134. The van der Waals surface area contributed by atoms with Crippen molar-refractivity contribution in [2.24, 2.45) is 0 Å². The Morgan fingerprint density at radius 3 is 1.23 bits per heavy atom. The van der Waals surface area contributed by atoms with Crippen LogP contribution in [0.3, 0.4) is 0 Å². The van der Waals surface area contributed by atoms with Gasteiger partial charge in [0.05, 0.1) is 73.1 Å². The highest BCUT2D eigenvalue weighted by atomic mass is 16.5. The molecule has 0 saturated carbocycles. The molecule has 8 nitrogen and oxygen atoms in total. The molecule has 0 unspecified atom stereocenters. The molecule has 0 atom stereocenters. The van der Waals surface area contributed by atoms with Gasteiger partial charge in [0, 0.05) is 36.8 Å². The van der Waals surface area contributed by atoms with Crippen LogP contribution in [0.5, 0.6) is 11.5 Å². The van der Waals surface area contributed by atoms with Gasteiger partial charge in [-0.05, 0) is 91.6 Å². The first kappa shape index (κ1) is 45.4. The van der Waals surface area contributed by atoms with E-state index in [0.717, 1.165) is 79.0 Å². The van der Waals surface area contributed by atoms with E-state index in [0.29, 0.717) is 32.3 Å². The molecule has 0 radical (unpaired) electrons. The van der Waals surface area contributed by atoms with Gasteiger partial charge < -0.3 is 9.47 Å². The summed E-state index contributed by atoms with van der Waals surface area (Å²) in [6.07, 6.45) is 6.11. The zero-order chi connectivity index (χ0) is 45.4. The van der Waals surface area contributed by atoms with Gasteiger partial charge in [0.15, 0.2) is 0 Å². The van der Waals surface area contributed by atoms with E-state index in [1.165, 1.54) is 11.1 Å². The molecule has 0 amide bonds. The van der Waals surface area contributed by atoms with E-state index in [4.69, 9.17) is 24.4 Å². The minimum atomic E-state index is 0.134. The van der Waals surface area contributed by atoms with Crippen LogP contribution in [0.4, 0.5) is 0 Å². The van der Waals surface area contributed by atoms with Crippen LogP contribution >= 0.6 is 0 Å². The summed E-state index contributed by atoms with van der Waals surface area (Å²) in [5.41, 5.74) is 13.4. The molecule has 0 aliphatic carbocycles. The molecule has 0 fully saturated rings. The number of nitrogens with zero attached hydrogens (tertiary/aromatic N) is 4. The first-order valence-electron chi connectivity index (χ1n) is 22.0. The number of hydrogen-bond donors (Lipinski definition) is 0. The Morgan fingerprint density at radius 2 is 0.846 bits per heavy atom. The summed E-state index contributed by atoms with van der Waals surface area (Å²) in [7, 11) is 1.65. The fourth-order valence-electron chi connectivity index (χ4n) is 7.36. The van der Waals surface area contributed by atoms with Crippen molar-refractivity contribution in [2.75, 3.05) is 13.7 Å². The van der Waals surface area contributed by atoms with Crippen LogP contribution in [0, 0.1) is 13.8 Å². The van der Waals surface area contributed by atoms with E-state index < -0.39 is 0 Å². The Morgan fingerprint density at radius 1 is 0.446 bits per heavy atom. The molecule has 0 bridgehead atoms. The molecule has 0 aliphatic rings. The lowest BCUT2D eigenvalue weighted by atomic mass is 10.0. The van der Waals surface area contributed by atoms with Crippen molar-refractivity contribution >= 4 is 11.6 Å². The normalized spacial score (nSPS) is 10.7. The van der Waals surface area contributed by atoms with Crippen molar-refractivity contribution in [1.82, 2.24) is 19.9 Å². The van der Waals surface area contributed by atoms with Gasteiger partial charge in [0.25, 0.3) is 0 Å². The van der Waals surface area contributed by atoms with Crippen LogP contribution in [-0.2, 0) is 48.1 Å². The number of Topliss-reactive ketones (excluding diaryl/α,β-unsaturated/α-hetero) is 2. The zero-order valence-corrected chi connectivity index (χ0v) is 37.5. The fourth-order valence-corrected chi connectivity index (χ4v) is 7.36. The first-order valence-corrected chi connectivity index (χ1v) is 22.0. The second-order valence-electron chi connectivity index (χ2n) is 16.1. The zero-order valence-electron chi connectivity index (χ0n) is 37.5. The van der Waals surface area contributed by atoms with Gasteiger partial charge >= 0.3 is 0 Å². The summed E-state index contributed by atoms with van der Waals surface area (Å²) in [5, 5.41) is 0. The topological polar surface area (TPSA) is 104 Å². The van der Waals surface area contributed by atoms with Crippen LogP contribution in [0.2, 0.25) is 0 Å². The average Bonchev–Trinajstić information content (AvgIpc) is 3.33. The molecular weight excluding hydrogens is 805 g/mol. The molecule has 0 saturated heterocycles. The largest absolute Gasteiger partial charge is 0.497 e. The number of rotatable bonds is 17. The Bertz CT molecular complexity index is 2780. The SMILES string of the molecule is CCOc1ccc(-c2cnc(CC(=O)Cc3ccc(C)cc3)c(Cc3ccccc3)n2)cc1.COc1ccc(-c2cnc(CC(=O)Cc3ccc(C)cc3)c(Cc3ccccc3)n2)cc1. The minimum Gasteiger partial charge on any atom is -0.497 e. The van der Waals surface area contributed by atoms with E-state index in [2.05, 4.69) is 29.2 Å². The average molecular weight is 859 g/mol. The summed E-state index contributed by atoms with van der Waals surface area (Å²) in [4.78, 5) is 44.9. The maximum Gasteiger partial charge on any atom is 0.143 e. The number of hydrogen-bond acceptors (Lipinski definition) is 8. The van der Waals surface area contributed by atoms with Crippen LogP contribution in [-0.4, -0.2) is 45.2 Å². The molecule has 8 heteroatoms. The Labute approximate surface area is 382 Å². The van der Waals surface area contributed by atoms with Crippen molar-refractivity contribution in [3.05, 3.63) is 226 Å². The molecule has 2 heterocycles. The molecule has 8 rings (SSSR count). The Kier molecular flexibility index (Phi) is 15.9. The maximum absolute atomic E-state index is 12.8. The number of aromatic nitrogens is 4. The molecule has 0 spiro atoms. The summed E-state index contributed by atoms with van der Waals surface area (Å²) in [6, 6.07) is 52.1. The van der Waals surface area contributed by atoms with Gasteiger partial charge in [-0.15, -0.1) is 0 Å². The molecular formula is C57H54N4O4. The third-order valence-electron chi connectivity index (χ3n) is 10.9. The molecule has 6 aromatic carbocycles. The lowest BCUT2D eigenvalue weighted by Crippen LogP contribution is -2.12. The van der Waals surface area contributed by atoms with Crippen molar-refractivity contribution in [2.45, 2.75) is 59.3 Å². The highest BCUT2D eigenvalue weighted by Crippen LogP contribution is 2.25. The van der Waals surface area contributed by atoms with Crippen molar-refractivity contribution in [3.63, 3.8) is 0 Å². The second kappa shape index (κ2) is 22.7. The predicted molar refractivity (Wildman–Crippen MR) is 258 cm³/mol. The monoisotopic (exact) mass is 858 g/mol. The highest BCUT2D eigenvalue weighted by molar-refractivity contribution is 5.83. The van der Waals surface area contributed by atoms with E-state index >= 15 is 0 Å². The number of aryl methyl sites for hydroxylation is 2. The summed E-state index contributed by atoms with van der Waals surface area (Å²) >= 11 is 0. The lowest BCUT2D eigenvalue weighted by molar-refractivity contribution is -0.118. The lowest BCUT2D eigenvalue weighted by Gasteiger charge is -2.11. The van der Waals surface area contributed by atoms with Crippen LogP contribution in [0.15, 0.2) is 170 Å². The molecule has 0 aliphatic heterocycles. The molecule has 326 valence electrons. The molecule has 0 N–H and O–H groups in total. The number of benzene rings is 6. The Hall–Kier alpha value is -7.58. The number of ether oxygens (including phenoxy) is 2. The quantitative estimate of drug-likeness (QED) is 0.0892. The second-order valence-corrected chi connectivity index (χ2v) is 16.1. The van der Waals surface area contributed by atoms with Gasteiger partial charge in [-0.3, -0.25) is 19.6 Å². The van der Waals surface area contributed by atoms with Crippen molar-refractivity contribution in [1.29, 1.82) is 0 Å². The van der Waals surface area contributed by atoms with Crippen LogP contribution in [0.25, 0.3) is 22.5 Å². The first-order chi connectivity index (χ1) is 31.7. The number of carbonyl (C=O) groups is 2. The third-order valence-corrected chi connectivity index (χ3v) is 10.9. The standard InChI is InChI=1S/C29H28N2O2.C28H26N2O2/c1-3-33-26-15-13-24(14-16-26)29-20-30-27(28(31-29)18-22-7-5-4-6-8-22)19-25(32)17-23-11-9-21(2)10-12-23;1-20-8-10-22(11-9-20)16-24(31)18-26-27(17-21-6-4-3-5-7-21)30-28(19-29-26)23-12-14-25(32-2)15-13-23/h4-16,20H,3,17-19H2,1-2H3;3-15,19H,16-18H2,1-2H3. The number of ketones is 2. The van der Waals surface area contributed by atoms with Gasteiger partial charge in [0.1, 0.15) is 23.1 Å². The third kappa shape index (κ3) is 13.5. The summed E-state index contributed by atoms with van der Waals surface area (Å²) in [6.45, 7) is 6.68. The van der Waals surface area contributed by atoms with Crippen molar-refractivity contribution < 1.29 is 19.1 Å². The number of methoxy groups -OCH3 is 1. The van der Waals surface area contributed by atoms with Crippen molar-refractivity contribution in [3.8, 4) is 34.0 Å². The van der Waals surface area contributed by atoms with Gasteiger partial charge in [0.2, 0.25) is 0 Å². The Balaban J connectivity index is 0.000000194. The highest BCUT2D eigenvalue weighted by Gasteiger charge is 2.16. The smallest absolute Gasteiger partial charge is 0.143 e. The number of carbonyl (C=O) groups excluding carboxylic acids is 2. The fraction of sp³-hybridized carbons (Fsp3) is 0.193. The van der Waals surface area contributed by atoms with Gasteiger partial charge in [-0.2, -0.15) is 0 Å². The van der Waals surface area contributed by atoms with E-state index in [1.807, 2.05) is 154 Å². The van der Waals surface area contributed by atoms with Gasteiger partial charge in [-0.1, -0.05) is 120 Å². The molecule has 65 heavy (non-hydrogen) atoms. The van der Waals surface area contributed by atoms with Gasteiger partial charge in [-0.25, -0.2) is 9.97 Å². The van der Waals surface area contributed by atoms with Crippen LogP contribution < -0.4 is 9.47 Å². The molecule has 8 aromatic rings. The van der Waals surface area contributed by atoms with E-state index in [1.54, 1.807) is 19.5 Å².